The van der Waals surface area contributed by atoms with Gasteiger partial charge in [-0.3, -0.25) is 9.69 Å². The number of likely N-dealkylation sites (tertiary alicyclic amines) is 1. The van der Waals surface area contributed by atoms with E-state index in [1.54, 1.807) is 24.3 Å². The van der Waals surface area contributed by atoms with Gasteiger partial charge in [-0.2, -0.15) is 0 Å². The number of amides is 3. The third kappa shape index (κ3) is 6.61. The summed E-state index contributed by atoms with van der Waals surface area (Å²) >= 11 is 0. The maximum absolute atomic E-state index is 12.1. The smallest absolute Gasteiger partial charge is 0.319 e. The quantitative estimate of drug-likeness (QED) is 0.670. The summed E-state index contributed by atoms with van der Waals surface area (Å²) in [5.74, 6) is -0.118. The maximum atomic E-state index is 12.1. The molecule has 0 unspecified atom stereocenters. The van der Waals surface area contributed by atoms with Crippen LogP contribution in [0, 0.1) is 0 Å². The van der Waals surface area contributed by atoms with Gasteiger partial charge in [-0.1, -0.05) is 30.7 Å². The number of benzene rings is 2. The van der Waals surface area contributed by atoms with E-state index in [0.717, 1.165) is 12.1 Å². The van der Waals surface area contributed by atoms with Crippen LogP contribution in [0.3, 0.4) is 0 Å². The number of rotatable bonds is 7. The molecule has 1 heterocycles. The Morgan fingerprint density at radius 2 is 1.52 bits per heavy atom. The van der Waals surface area contributed by atoms with Crippen LogP contribution in [0.1, 0.15) is 47.7 Å². The van der Waals surface area contributed by atoms with Gasteiger partial charge in [-0.05, 0) is 68.2 Å². The molecule has 0 aromatic heterocycles. The lowest BCUT2D eigenvalue weighted by Crippen LogP contribution is -2.29. The summed E-state index contributed by atoms with van der Waals surface area (Å²) in [7, 11) is 0. The molecule has 6 heteroatoms. The van der Waals surface area contributed by atoms with Gasteiger partial charge in [0.1, 0.15) is 0 Å². The van der Waals surface area contributed by atoms with Crippen molar-refractivity contribution in [3.05, 3.63) is 65.2 Å². The minimum Gasteiger partial charge on any atom is -0.352 e. The van der Waals surface area contributed by atoms with Crippen molar-refractivity contribution in [3.8, 4) is 0 Å². The first-order valence-corrected chi connectivity index (χ1v) is 10.4. The Bertz CT molecular complexity index is 797. The molecule has 1 saturated heterocycles. The van der Waals surface area contributed by atoms with E-state index in [9.17, 15) is 9.59 Å². The van der Waals surface area contributed by atoms with Gasteiger partial charge >= 0.3 is 6.03 Å². The van der Waals surface area contributed by atoms with E-state index in [1.807, 2.05) is 6.92 Å². The van der Waals surface area contributed by atoms with E-state index in [1.165, 1.54) is 37.9 Å². The van der Waals surface area contributed by atoms with Gasteiger partial charge in [0, 0.05) is 30.9 Å². The first kappa shape index (κ1) is 20.9. The summed E-state index contributed by atoms with van der Waals surface area (Å²) in [6, 6.07) is 15.0. The topological polar surface area (TPSA) is 73.5 Å². The fourth-order valence-electron chi connectivity index (χ4n) is 3.46. The summed E-state index contributed by atoms with van der Waals surface area (Å²) in [5.41, 5.74) is 3.59. The van der Waals surface area contributed by atoms with Crippen LogP contribution in [0.4, 0.5) is 10.5 Å². The second-order valence-corrected chi connectivity index (χ2v) is 7.40. The fraction of sp³-hybridized carbons (Fsp3) is 0.391. The monoisotopic (exact) mass is 394 g/mol. The van der Waals surface area contributed by atoms with Gasteiger partial charge in [0.05, 0.1) is 0 Å². The van der Waals surface area contributed by atoms with Gasteiger partial charge in [0.25, 0.3) is 5.91 Å². The Labute approximate surface area is 172 Å². The summed E-state index contributed by atoms with van der Waals surface area (Å²) in [6.07, 6.45) is 3.94. The molecule has 3 N–H and O–H groups in total. The molecule has 0 saturated carbocycles. The van der Waals surface area contributed by atoms with Crippen molar-refractivity contribution >= 4 is 17.6 Å². The van der Waals surface area contributed by atoms with Crippen molar-refractivity contribution in [1.82, 2.24) is 15.5 Å². The molecule has 1 aliphatic rings. The molecule has 0 spiro atoms. The number of piperidine rings is 1. The van der Waals surface area contributed by atoms with Gasteiger partial charge in [0.15, 0.2) is 0 Å². The van der Waals surface area contributed by atoms with Gasteiger partial charge < -0.3 is 16.0 Å². The van der Waals surface area contributed by atoms with Crippen molar-refractivity contribution in [2.45, 2.75) is 39.3 Å². The van der Waals surface area contributed by atoms with E-state index in [2.05, 4.69) is 45.1 Å². The number of anilines is 1. The molecule has 3 amide bonds. The maximum Gasteiger partial charge on any atom is 0.319 e. The number of hydrogen-bond donors (Lipinski definition) is 3. The predicted molar refractivity (Wildman–Crippen MR) is 116 cm³/mol. The molecule has 0 atom stereocenters. The van der Waals surface area contributed by atoms with Gasteiger partial charge in [0.2, 0.25) is 0 Å². The van der Waals surface area contributed by atoms with Crippen molar-refractivity contribution in [3.63, 3.8) is 0 Å². The van der Waals surface area contributed by atoms with Crippen LogP contribution in [0.25, 0.3) is 0 Å². The van der Waals surface area contributed by atoms with Crippen molar-refractivity contribution in [2.24, 2.45) is 0 Å². The number of urea groups is 1. The fourth-order valence-corrected chi connectivity index (χ4v) is 3.46. The Hall–Kier alpha value is -2.86. The number of carbonyl (C=O) groups excluding carboxylic acids is 2. The summed E-state index contributed by atoms with van der Waals surface area (Å²) in [6.45, 7) is 6.30. The Balaban J connectivity index is 1.43. The lowest BCUT2D eigenvalue weighted by molar-refractivity contribution is 0.0956. The van der Waals surface area contributed by atoms with E-state index < -0.39 is 0 Å². The third-order valence-electron chi connectivity index (χ3n) is 5.07. The molecular weight excluding hydrogens is 364 g/mol. The molecule has 154 valence electrons. The van der Waals surface area contributed by atoms with Crippen molar-refractivity contribution < 1.29 is 9.59 Å². The lowest BCUT2D eigenvalue weighted by atomic mass is 10.1. The molecule has 6 nitrogen and oxygen atoms in total. The highest BCUT2D eigenvalue weighted by atomic mass is 16.2. The molecule has 0 radical (unpaired) electrons. The first-order valence-electron chi connectivity index (χ1n) is 10.4. The van der Waals surface area contributed by atoms with Crippen LogP contribution in [-0.4, -0.2) is 36.5 Å². The zero-order valence-corrected chi connectivity index (χ0v) is 17.0. The molecule has 2 aromatic rings. The molecule has 1 aliphatic heterocycles. The van der Waals surface area contributed by atoms with Crippen LogP contribution in [0.15, 0.2) is 48.5 Å². The van der Waals surface area contributed by atoms with Gasteiger partial charge in [-0.25, -0.2) is 4.79 Å². The highest BCUT2D eigenvalue weighted by molar-refractivity contribution is 5.95. The lowest BCUT2D eigenvalue weighted by Gasteiger charge is -2.26. The molecular formula is C23H30N4O2. The minimum atomic E-state index is -0.270. The van der Waals surface area contributed by atoms with Crippen LogP contribution in [0.2, 0.25) is 0 Å². The third-order valence-corrected chi connectivity index (χ3v) is 5.07. The summed E-state index contributed by atoms with van der Waals surface area (Å²) in [4.78, 5) is 26.4. The van der Waals surface area contributed by atoms with E-state index in [-0.39, 0.29) is 11.9 Å². The van der Waals surface area contributed by atoms with Crippen molar-refractivity contribution in [2.75, 3.05) is 25.0 Å². The normalized spacial score (nSPS) is 14.2. The highest BCUT2D eigenvalue weighted by Crippen LogP contribution is 2.14. The molecule has 2 aromatic carbocycles. The summed E-state index contributed by atoms with van der Waals surface area (Å²) < 4.78 is 0. The minimum absolute atomic E-state index is 0.118. The molecule has 0 bridgehead atoms. The predicted octanol–water partition coefficient (Wildman–Crippen LogP) is 3.74. The Morgan fingerprint density at radius 3 is 2.17 bits per heavy atom. The van der Waals surface area contributed by atoms with Crippen molar-refractivity contribution in [1.29, 1.82) is 0 Å². The molecule has 1 fully saturated rings. The standard InChI is InChI=1S/C23H30N4O2/c1-2-24-22(28)20-10-12-21(13-11-20)26-23(29)25-16-18-6-8-19(9-7-18)17-27-14-4-3-5-15-27/h6-13H,2-5,14-17H2,1H3,(H,24,28)(H2,25,26,29). The highest BCUT2D eigenvalue weighted by Gasteiger charge is 2.10. The number of nitrogens with zero attached hydrogens (tertiary/aromatic N) is 1. The van der Waals surface area contributed by atoms with Gasteiger partial charge in [-0.15, -0.1) is 0 Å². The van der Waals surface area contributed by atoms with E-state index >= 15 is 0 Å². The second kappa shape index (κ2) is 10.6. The van der Waals surface area contributed by atoms with Crippen LogP contribution in [0.5, 0.6) is 0 Å². The van der Waals surface area contributed by atoms with E-state index in [4.69, 9.17) is 0 Å². The second-order valence-electron chi connectivity index (χ2n) is 7.40. The Morgan fingerprint density at radius 1 is 0.862 bits per heavy atom. The number of nitrogens with one attached hydrogen (secondary N) is 3. The van der Waals surface area contributed by atoms with Crippen LogP contribution in [-0.2, 0) is 13.1 Å². The Kier molecular flexibility index (Phi) is 7.64. The first-order chi connectivity index (χ1) is 14.1. The average Bonchev–Trinajstić information content (AvgIpc) is 2.75. The van der Waals surface area contributed by atoms with Crippen LogP contribution >= 0.6 is 0 Å². The molecule has 0 aliphatic carbocycles. The average molecular weight is 395 g/mol. The zero-order chi connectivity index (χ0) is 20.5. The SMILES string of the molecule is CCNC(=O)c1ccc(NC(=O)NCc2ccc(CN3CCCCC3)cc2)cc1. The van der Waals surface area contributed by atoms with E-state index in [0.29, 0.717) is 24.3 Å². The number of carbonyl (C=O) groups is 2. The summed E-state index contributed by atoms with van der Waals surface area (Å²) in [5, 5.41) is 8.40. The van der Waals surface area contributed by atoms with Crippen LogP contribution < -0.4 is 16.0 Å². The molecule has 3 rings (SSSR count). The zero-order valence-electron chi connectivity index (χ0n) is 17.0. The number of hydrogen-bond acceptors (Lipinski definition) is 3. The largest absolute Gasteiger partial charge is 0.352 e. The molecule has 29 heavy (non-hydrogen) atoms.